The predicted molar refractivity (Wildman–Crippen MR) is 74.5 cm³/mol. The maximum absolute atomic E-state index is 12.5. The highest BCUT2D eigenvalue weighted by Gasteiger charge is 2.31. The van der Waals surface area contributed by atoms with E-state index >= 15 is 0 Å². The number of esters is 1. The smallest absolute Gasteiger partial charge is 0.416 e. The Balaban J connectivity index is 0.00000220. The van der Waals surface area contributed by atoms with E-state index in [-0.39, 0.29) is 30.3 Å². The number of rotatable bonds is 2. The van der Waals surface area contributed by atoms with Crippen molar-refractivity contribution in [3.05, 3.63) is 35.4 Å². The van der Waals surface area contributed by atoms with Gasteiger partial charge in [-0.15, -0.1) is 12.4 Å². The molecular formula is C14H17ClF3NO2. The SMILES string of the molecule is COC(=O)C1CC(c2ccc(C(F)(F)F)cc2)CCN1.Cl. The molecule has 1 fully saturated rings. The first kappa shape index (κ1) is 17.8. The van der Waals surface area contributed by atoms with Crippen LogP contribution in [-0.2, 0) is 15.7 Å². The summed E-state index contributed by atoms with van der Waals surface area (Å²) in [6.07, 6.45) is -2.99. The number of carbonyl (C=O) groups is 1. The maximum atomic E-state index is 12.5. The summed E-state index contributed by atoms with van der Waals surface area (Å²) in [6.45, 7) is 0.644. The summed E-state index contributed by atoms with van der Waals surface area (Å²) in [5.41, 5.74) is 0.174. The predicted octanol–water partition coefficient (Wildman–Crippen LogP) is 3.14. The van der Waals surface area contributed by atoms with Crippen LogP contribution in [0.1, 0.15) is 29.9 Å². The van der Waals surface area contributed by atoms with Crippen LogP contribution in [0, 0.1) is 0 Å². The van der Waals surface area contributed by atoms with E-state index in [9.17, 15) is 18.0 Å². The van der Waals surface area contributed by atoms with Gasteiger partial charge in [0.2, 0.25) is 0 Å². The molecule has 1 saturated heterocycles. The molecular weight excluding hydrogens is 307 g/mol. The van der Waals surface area contributed by atoms with Crippen molar-refractivity contribution in [1.29, 1.82) is 0 Å². The molecule has 3 nitrogen and oxygen atoms in total. The summed E-state index contributed by atoms with van der Waals surface area (Å²) in [4.78, 5) is 11.5. The number of nitrogens with one attached hydrogen (secondary N) is 1. The Labute approximate surface area is 127 Å². The highest BCUT2D eigenvalue weighted by Crippen LogP contribution is 2.32. The van der Waals surface area contributed by atoms with E-state index in [4.69, 9.17) is 0 Å². The zero-order valence-corrected chi connectivity index (χ0v) is 12.3. The molecule has 7 heteroatoms. The maximum Gasteiger partial charge on any atom is 0.416 e. The average molecular weight is 324 g/mol. The molecule has 1 aromatic carbocycles. The second-order valence-corrected chi connectivity index (χ2v) is 4.87. The number of methoxy groups -OCH3 is 1. The van der Waals surface area contributed by atoms with Crippen molar-refractivity contribution in [3.8, 4) is 0 Å². The van der Waals surface area contributed by atoms with Gasteiger partial charge in [-0.2, -0.15) is 13.2 Å². The zero-order chi connectivity index (χ0) is 14.8. The molecule has 0 bridgehead atoms. The summed E-state index contributed by atoms with van der Waals surface area (Å²) in [5, 5.41) is 3.05. The van der Waals surface area contributed by atoms with E-state index in [1.807, 2.05) is 0 Å². The molecule has 1 aliphatic rings. The molecule has 1 aliphatic heterocycles. The van der Waals surface area contributed by atoms with Crippen LogP contribution in [0.4, 0.5) is 13.2 Å². The zero-order valence-electron chi connectivity index (χ0n) is 11.4. The van der Waals surface area contributed by atoms with Crippen LogP contribution in [0.15, 0.2) is 24.3 Å². The van der Waals surface area contributed by atoms with Crippen molar-refractivity contribution < 1.29 is 22.7 Å². The van der Waals surface area contributed by atoms with Crippen LogP contribution in [0.3, 0.4) is 0 Å². The van der Waals surface area contributed by atoms with Crippen molar-refractivity contribution in [1.82, 2.24) is 5.32 Å². The van der Waals surface area contributed by atoms with Crippen molar-refractivity contribution in [2.75, 3.05) is 13.7 Å². The molecule has 1 heterocycles. The molecule has 2 atom stereocenters. The Kier molecular flexibility index (Phi) is 6.04. The molecule has 0 aromatic heterocycles. The largest absolute Gasteiger partial charge is 0.468 e. The summed E-state index contributed by atoms with van der Waals surface area (Å²) in [5.74, 6) is -0.260. The number of piperidine rings is 1. The second-order valence-electron chi connectivity index (χ2n) is 4.87. The van der Waals surface area contributed by atoms with E-state index in [1.165, 1.54) is 19.2 Å². The van der Waals surface area contributed by atoms with Gasteiger partial charge in [-0.1, -0.05) is 12.1 Å². The minimum Gasteiger partial charge on any atom is -0.468 e. The van der Waals surface area contributed by atoms with Crippen molar-refractivity contribution >= 4 is 18.4 Å². The molecule has 0 saturated carbocycles. The summed E-state index contributed by atoms with van der Waals surface area (Å²) < 4.78 is 42.2. The Morgan fingerprint density at radius 1 is 1.29 bits per heavy atom. The fourth-order valence-corrected chi connectivity index (χ4v) is 2.49. The number of hydrogen-bond donors (Lipinski definition) is 1. The Bertz CT molecular complexity index is 476. The first-order valence-corrected chi connectivity index (χ1v) is 6.40. The lowest BCUT2D eigenvalue weighted by Crippen LogP contribution is -2.43. The third-order valence-corrected chi connectivity index (χ3v) is 3.60. The van der Waals surface area contributed by atoms with Crippen LogP contribution in [0.25, 0.3) is 0 Å². The van der Waals surface area contributed by atoms with Crippen LogP contribution in [0.2, 0.25) is 0 Å². The van der Waals surface area contributed by atoms with E-state index in [0.29, 0.717) is 13.0 Å². The van der Waals surface area contributed by atoms with Gasteiger partial charge in [0.15, 0.2) is 0 Å². The normalized spacial score (nSPS) is 22.3. The van der Waals surface area contributed by atoms with Gasteiger partial charge in [-0.3, -0.25) is 4.79 Å². The third kappa shape index (κ3) is 4.35. The van der Waals surface area contributed by atoms with E-state index in [0.717, 1.165) is 24.1 Å². The fraction of sp³-hybridized carbons (Fsp3) is 0.500. The number of alkyl halides is 3. The lowest BCUT2D eigenvalue weighted by Gasteiger charge is -2.29. The summed E-state index contributed by atoms with van der Waals surface area (Å²) in [7, 11) is 1.33. The number of hydrogen-bond acceptors (Lipinski definition) is 3. The molecule has 1 N–H and O–H groups in total. The lowest BCUT2D eigenvalue weighted by atomic mass is 9.86. The Hall–Kier alpha value is -1.27. The molecule has 21 heavy (non-hydrogen) atoms. The quantitative estimate of drug-likeness (QED) is 0.850. The molecule has 118 valence electrons. The van der Waals surface area contributed by atoms with Crippen LogP contribution < -0.4 is 5.32 Å². The summed E-state index contributed by atoms with van der Waals surface area (Å²) >= 11 is 0. The van der Waals surface area contributed by atoms with E-state index in [1.54, 1.807) is 0 Å². The molecule has 0 aliphatic carbocycles. The number of benzene rings is 1. The van der Waals surface area contributed by atoms with Crippen molar-refractivity contribution in [3.63, 3.8) is 0 Å². The monoisotopic (exact) mass is 323 g/mol. The van der Waals surface area contributed by atoms with Gasteiger partial charge in [0, 0.05) is 0 Å². The minimum atomic E-state index is -4.32. The third-order valence-electron chi connectivity index (χ3n) is 3.60. The molecule has 0 spiro atoms. The number of carbonyl (C=O) groups excluding carboxylic acids is 1. The number of ether oxygens (including phenoxy) is 1. The highest BCUT2D eigenvalue weighted by molar-refractivity contribution is 5.85. The first-order valence-electron chi connectivity index (χ1n) is 6.40. The first-order chi connectivity index (χ1) is 9.41. The van der Waals surface area contributed by atoms with Gasteiger partial charge in [-0.05, 0) is 43.0 Å². The lowest BCUT2D eigenvalue weighted by molar-refractivity contribution is -0.143. The molecule has 2 rings (SSSR count). The van der Waals surface area contributed by atoms with Gasteiger partial charge in [-0.25, -0.2) is 0 Å². The minimum absolute atomic E-state index is 0. The standard InChI is InChI=1S/C14H16F3NO2.ClH/c1-20-13(19)12-8-10(6-7-18-12)9-2-4-11(5-3-9)14(15,16)17;/h2-5,10,12,18H,6-8H2,1H3;1H. The fourth-order valence-electron chi connectivity index (χ4n) is 2.49. The topological polar surface area (TPSA) is 38.3 Å². The van der Waals surface area contributed by atoms with Crippen LogP contribution >= 0.6 is 12.4 Å². The Morgan fingerprint density at radius 2 is 1.90 bits per heavy atom. The van der Waals surface area contributed by atoms with Gasteiger partial charge in [0.1, 0.15) is 6.04 Å². The number of halogens is 4. The Morgan fingerprint density at radius 3 is 2.43 bits per heavy atom. The van der Waals surface area contributed by atoms with E-state index < -0.39 is 11.7 Å². The molecule has 0 amide bonds. The van der Waals surface area contributed by atoms with Crippen molar-refractivity contribution in [2.45, 2.75) is 31.0 Å². The highest BCUT2D eigenvalue weighted by atomic mass is 35.5. The average Bonchev–Trinajstić information content (AvgIpc) is 2.46. The van der Waals surface area contributed by atoms with Crippen LogP contribution in [-0.4, -0.2) is 25.7 Å². The van der Waals surface area contributed by atoms with Gasteiger partial charge in [0.25, 0.3) is 0 Å². The van der Waals surface area contributed by atoms with Crippen LogP contribution in [0.5, 0.6) is 0 Å². The van der Waals surface area contributed by atoms with Gasteiger partial charge >= 0.3 is 12.1 Å². The molecule has 2 unspecified atom stereocenters. The van der Waals surface area contributed by atoms with Gasteiger partial charge in [0.05, 0.1) is 12.7 Å². The molecule has 1 aromatic rings. The van der Waals surface area contributed by atoms with E-state index in [2.05, 4.69) is 10.1 Å². The van der Waals surface area contributed by atoms with Crippen molar-refractivity contribution in [2.24, 2.45) is 0 Å². The molecule has 0 radical (unpaired) electrons. The van der Waals surface area contributed by atoms with Gasteiger partial charge < -0.3 is 10.1 Å². The summed E-state index contributed by atoms with van der Waals surface area (Å²) in [6, 6.07) is 4.77. The second kappa shape index (κ2) is 7.13.